The Morgan fingerprint density at radius 1 is 1.07 bits per heavy atom. The lowest BCUT2D eigenvalue weighted by Gasteiger charge is -2.17. The molecule has 0 aliphatic carbocycles. The third-order valence-corrected chi connectivity index (χ3v) is 3.71. The van der Waals surface area contributed by atoms with Crippen LogP contribution >= 0.6 is 0 Å². The molecule has 0 aliphatic heterocycles. The largest absolute Gasteiger partial charge is 0.508 e. The number of hydrogen-bond donors (Lipinski definition) is 3. The topological polar surface area (TPSA) is 169 Å². The summed E-state index contributed by atoms with van der Waals surface area (Å²) in [6.45, 7) is 2.11. The number of aliphatic hydroxyl groups excluding tert-OH is 1. The zero-order valence-electron chi connectivity index (χ0n) is 15.6. The first-order valence-electron chi connectivity index (χ1n) is 8.35. The Bertz CT molecular complexity index is 1000. The Hall–Kier alpha value is -2.66. The van der Waals surface area contributed by atoms with E-state index in [2.05, 4.69) is 4.99 Å². The molecule has 3 aromatic rings. The van der Waals surface area contributed by atoms with Crippen molar-refractivity contribution < 1.29 is 53.2 Å². The van der Waals surface area contributed by atoms with Crippen molar-refractivity contribution in [2.45, 2.75) is 13.0 Å². The van der Waals surface area contributed by atoms with Gasteiger partial charge in [0.05, 0.1) is 18.6 Å². The molecule has 29 heavy (non-hydrogen) atoms. The van der Waals surface area contributed by atoms with Gasteiger partial charge in [0.1, 0.15) is 28.9 Å². The smallest absolute Gasteiger partial charge is 0.213 e. The minimum absolute atomic E-state index is 0.162. The third-order valence-electron chi connectivity index (χ3n) is 3.71. The zero-order chi connectivity index (χ0) is 21.6. The van der Waals surface area contributed by atoms with Crippen molar-refractivity contribution in [1.29, 1.82) is 0 Å². The predicted molar refractivity (Wildman–Crippen MR) is 90.5 cm³/mol. The molecule has 0 fully saturated rings. The molecule has 0 radical (unpaired) electrons. The number of aliphatic hydroxyl groups is 1. The first-order valence-corrected chi connectivity index (χ1v) is 9.58. The lowest BCUT2D eigenvalue weighted by molar-refractivity contribution is -2.00. The van der Waals surface area contributed by atoms with E-state index >= 15 is 0 Å². The number of phenolic OH excluding ortho intramolecular Hbond substituents is 1. The van der Waals surface area contributed by atoms with E-state index in [1.54, 1.807) is 32.2 Å². The molecule has 1 unspecified atom stereocenters. The maximum atomic E-state index is 9.74. The van der Waals surface area contributed by atoms with Crippen LogP contribution in [0.15, 0.2) is 52.9 Å². The average molecular weight is 426 g/mol. The van der Waals surface area contributed by atoms with Gasteiger partial charge in [0.25, 0.3) is 0 Å². The van der Waals surface area contributed by atoms with E-state index in [9.17, 15) is 10.2 Å². The van der Waals surface area contributed by atoms with E-state index < -0.39 is 16.3 Å². The highest BCUT2D eigenvalue weighted by Crippen LogP contribution is 2.25. The van der Waals surface area contributed by atoms with Crippen LogP contribution in [0.4, 0.5) is 0 Å². The second-order valence-electron chi connectivity index (χ2n) is 6.04. The summed E-state index contributed by atoms with van der Waals surface area (Å²) in [7, 11) is -3.32. The van der Waals surface area contributed by atoms with Crippen molar-refractivity contribution in [2.24, 2.45) is 0 Å². The molecule has 1 aromatic heterocycles. The van der Waals surface area contributed by atoms with Gasteiger partial charge in [-0.15, -0.1) is 10.2 Å². The molecule has 0 saturated heterocycles. The highest BCUT2D eigenvalue weighted by Gasteiger charge is 2.10. The van der Waals surface area contributed by atoms with E-state index in [-0.39, 0.29) is 5.75 Å². The number of ether oxygens (including phenoxy) is 1. The molecule has 0 aliphatic rings. The van der Waals surface area contributed by atoms with Gasteiger partial charge in [-0.3, -0.25) is 0 Å². The number of hydrogen-bond acceptors (Lipinski definition) is 8. The van der Waals surface area contributed by atoms with Crippen LogP contribution in [-0.4, -0.2) is 30.0 Å². The second-order valence-corrected chi connectivity index (χ2v) is 6.80. The molecule has 9 nitrogen and oxygen atoms in total. The lowest BCUT2D eigenvalue weighted by atomic mass is 10.1. The number of benzene rings is 2. The van der Waals surface area contributed by atoms with Gasteiger partial charge in [-0.25, -0.2) is 23.6 Å². The summed E-state index contributed by atoms with van der Waals surface area (Å²) in [5, 5.41) is 20.8. The minimum Gasteiger partial charge on any atom is -0.508 e. The Labute approximate surface area is 168 Å². The number of nitrogens with one attached hydrogen (secondary N) is 1. The van der Waals surface area contributed by atoms with Gasteiger partial charge in [-0.05, 0) is 49.4 Å². The number of fused-ring (bicyclic) bond motifs is 1. The summed E-state index contributed by atoms with van der Waals surface area (Å²) in [5.41, 5.74) is 1.56. The van der Waals surface area contributed by atoms with E-state index in [1.165, 1.54) is 0 Å². The van der Waals surface area contributed by atoms with Crippen LogP contribution < -0.4 is 33.7 Å². The second kappa shape index (κ2) is 9.70. The fraction of sp³-hybridized carbons (Fsp3) is 0.211. The zero-order valence-corrected chi connectivity index (χ0v) is 16.4. The monoisotopic (exact) mass is 425 g/mol. The fourth-order valence-corrected chi connectivity index (χ4v) is 2.48. The highest BCUT2D eigenvalue weighted by molar-refractivity contribution is 5.79. The van der Waals surface area contributed by atoms with Gasteiger partial charge in [-0.2, -0.15) is 0 Å². The molecule has 3 N–H and O–H groups in total. The van der Waals surface area contributed by atoms with Crippen molar-refractivity contribution in [3.8, 4) is 22.8 Å². The average Bonchev–Trinajstić information content (AvgIpc) is 2.64. The van der Waals surface area contributed by atoms with E-state index in [0.717, 1.165) is 22.1 Å². The predicted octanol–water partition coefficient (Wildman–Crippen LogP) is -3.58. The maximum absolute atomic E-state index is 9.74. The highest BCUT2D eigenvalue weighted by atomic mass is 35.7. The van der Waals surface area contributed by atoms with E-state index in [1.807, 2.05) is 30.3 Å². The van der Waals surface area contributed by atoms with E-state index in [4.69, 9.17) is 27.8 Å². The summed E-state index contributed by atoms with van der Waals surface area (Å²) >= 11 is 0. The first-order chi connectivity index (χ1) is 13.6. The molecule has 0 amide bonds. The normalized spacial score (nSPS) is 13.0. The quantitative estimate of drug-likeness (QED) is 0.385. The number of rotatable bonds is 4. The van der Waals surface area contributed by atoms with Crippen LogP contribution in [0.5, 0.6) is 11.5 Å². The van der Waals surface area contributed by atoms with Crippen LogP contribution in [0.3, 0.4) is 0 Å². The molecule has 156 valence electrons. The summed E-state index contributed by atoms with van der Waals surface area (Å²) in [5.74, 6) is 1.62. The van der Waals surface area contributed by atoms with Gasteiger partial charge in [0, 0.05) is 5.56 Å². The van der Waals surface area contributed by atoms with Gasteiger partial charge in [0.15, 0.2) is 6.54 Å². The van der Waals surface area contributed by atoms with Crippen molar-refractivity contribution >= 4 is 11.0 Å². The number of phenols is 1. The molecule has 2 aromatic carbocycles. The lowest BCUT2D eigenvalue weighted by Crippen LogP contribution is -2.78. The third kappa shape index (κ3) is 7.35. The molecular weight excluding hydrogens is 406 g/mol. The minimum atomic E-state index is -4.94. The first kappa shape index (κ1) is 22.6. The maximum Gasteiger partial charge on any atom is 0.213 e. The molecule has 0 spiro atoms. The van der Waals surface area contributed by atoms with Gasteiger partial charge >= 0.3 is 0 Å². The Morgan fingerprint density at radius 3 is 2.24 bits per heavy atom. The van der Waals surface area contributed by atoms with Gasteiger partial charge in [0.2, 0.25) is 5.36 Å². The molecular formula is C19H20ClNO8. The van der Waals surface area contributed by atoms with Crippen LogP contribution in [0.2, 0.25) is 0 Å². The summed E-state index contributed by atoms with van der Waals surface area (Å²) < 4.78 is 45.1. The number of halogens is 1. The number of methoxy groups -OCH3 is 1. The van der Waals surface area contributed by atoms with Crippen LogP contribution in [0.1, 0.15) is 6.92 Å². The molecule has 3 rings (SSSR count). The standard InChI is InChI=1S/C19H19NO4.ClHO4/c1-12(21)11-20-17-10-19(13-3-6-15(23-2)7-4-13)24-18-8-5-14(22)9-16(17)18;2-1(3,4)5/h3-10,12,21-22H,11H2,1-2H3;(H,2,3,4,5). The Morgan fingerprint density at radius 2 is 1.69 bits per heavy atom. The summed E-state index contributed by atoms with van der Waals surface area (Å²) in [6.07, 6.45) is -0.487. The molecule has 0 saturated carbocycles. The summed E-state index contributed by atoms with van der Waals surface area (Å²) in [4.78, 5) is 3.20. The molecule has 1 atom stereocenters. The SMILES string of the molecule is COc1ccc(-c2cc(=[NH+]CC(C)O)c3cc(O)ccc3o2)cc1.[O-][Cl+3]([O-])([O-])[O-]. The Balaban J connectivity index is 0.000000537. The van der Waals surface area contributed by atoms with E-state index in [0.29, 0.717) is 17.9 Å². The van der Waals surface area contributed by atoms with Crippen LogP contribution in [-0.2, 0) is 0 Å². The number of aromatic hydroxyl groups is 1. The van der Waals surface area contributed by atoms with Crippen molar-refractivity contribution in [1.82, 2.24) is 0 Å². The summed E-state index contributed by atoms with van der Waals surface area (Å²) in [6, 6.07) is 14.4. The van der Waals surface area contributed by atoms with Gasteiger partial charge in [-0.1, -0.05) is 0 Å². The van der Waals surface area contributed by atoms with Crippen LogP contribution in [0, 0.1) is 10.2 Å². The molecule has 1 heterocycles. The van der Waals surface area contributed by atoms with Crippen molar-refractivity contribution in [2.75, 3.05) is 13.7 Å². The van der Waals surface area contributed by atoms with Crippen molar-refractivity contribution in [3.05, 3.63) is 53.9 Å². The van der Waals surface area contributed by atoms with Crippen molar-refractivity contribution in [3.63, 3.8) is 0 Å². The Kier molecular flexibility index (Phi) is 7.57. The molecule has 0 bridgehead atoms. The van der Waals surface area contributed by atoms with Gasteiger partial charge < -0.3 is 19.4 Å². The van der Waals surface area contributed by atoms with Crippen LogP contribution in [0.25, 0.3) is 22.3 Å². The molecule has 10 heteroatoms. The fourth-order valence-electron chi connectivity index (χ4n) is 2.48.